The molecule has 3 heterocycles. The van der Waals surface area contributed by atoms with Crippen LogP contribution in [0, 0.1) is 11.7 Å². The predicted octanol–water partition coefficient (Wildman–Crippen LogP) is 3.84. The number of aromatic nitrogens is 1. The number of hydrogen-bond acceptors (Lipinski definition) is 4. The van der Waals surface area contributed by atoms with Crippen LogP contribution in [0.5, 0.6) is 5.75 Å². The molecule has 1 saturated heterocycles. The van der Waals surface area contributed by atoms with Gasteiger partial charge in [-0.2, -0.15) is 0 Å². The summed E-state index contributed by atoms with van der Waals surface area (Å²) in [5, 5.41) is 11.8. The molecule has 0 bridgehead atoms. The van der Waals surface area contributed by atoms with Crippen molar-refractivity contribution in [2.24, 2.45) is 13.0 Å². The molecule has 1 spiro atoms. The molecule has 1 aromatic heterocycles. The Balaban J connectivity index is 1.46. The molecular weight excluding hydrogens is 417 g/mol. The highest BCUT2D eigenvalue weighted by molar-refractivity contribution is 5.89. The standard InChI is InChI=1S/C27H32FN3O2/c1-29-23-11-20(33-2)9-10-21(23)25-26(29)24(14-32)31(13-19-5-3-4-6-22(19)28)17-27(25)15-30(16-27)12-18-7-8-18/h3-6,9-11,18,24,32H,7-8,12-17H2,1-2H3/t24-/m0/s1. The van der Waals surface area contributed by atoms with Crippen LogP contribution >= 0.6 is 0 Å². The molecule has 174 valence electrons. The van der Waals surface area contributed by atoms with E-state index in [4.69, 9.17) is 4.74 Å². The van der Waals surface area contributed by atoms with Gasteiger partial charge in [0.2, 0.25) is 0 Å². The van der Waals surface area contributed by atoms with Crippen LogP contribution in [-0.2, 0) is 19.0 Å². The maximum absolute atomic E-state index is 14.6. The number of likely N-dealkylation sites (tertiary alicyclic amines) is 1. The van der Waals surface area contributed by atoms with E-state index in [1.165, 1.54) is 36.4 Å². The summed E-state index contributed by atoms with van der Waals surface area (Å²) in [6.45, 7) is 4.55. The van der Waals surface area contributed by atoms with Crippen molar-refractivity contribution >= 4 is 10.9 Å². The van der Waals surface area contributed by atoms with E-state index in [2.05, 4.69) is 33.5 Å². The molecule has 1 atom stereocenters. The lowest BCUT2D eigenvalue weighted by atomic mass is 9.68. The number of hydrogen-bond donors (Lipinski definition) is 1. The molecule has 33 heavy (non-hydrogen) atoms. The maximum Gasteiger partial charge on any atom is 0.127 e. The van der Waals surface area contributed by atoms with Gasteiger partial charge in [-0.15, -0.1) is 0 Å². The fraction of sp³-hybridized carbons (Fsp3) is 0.481. The summed E-state index contributed by atoms with van der Waals surface area (Å²) in [6, 6.07) is 13.1. The van der Waals surface area contributed by atoms with Gasteiger partial charge in [0.25, 0.3) is 0 Å². The first-order chi connectivity index (χ1) is 16.0. The number of aryl methyl sites for hydroxylation is 1. The topological polar surface area (TPSA) is 40.9 Å². The lowest BCUT2D eigenvalue weighted by Crippen LogP contribution is -2.66. The summed E-state index contributed by atoms with van der Waals surface area (Å²) >= 11 is 0. The minimum atomic E-state index is -0.181. The Kier molecular flexibility index (Phi) is 5.02. The fourth-order valence-electron chi connectivity index (χ4n) is 6.34. The minimum Gasteiger partial charge on any atom is -0.497 e. The second-order valence-corrected chi connectivity index (χ2v) is 10.3. The van der Waals surface area contributed by atoms with E-state index in [-0.39, 0.29) is 23.9 Å². The summed E-state index contributed by atoms with van der Waals surface area (Å²) in [5.74, 6) is 1.52. The van der Waals surface area contributed by atoms with Crippen molar-refractivity contribution in [3.05, 3.63) is 65.1 Å². The molecule has 0 unspecified atom stereocenters. The highest BCUT2D eigenvalue weighted by atomic mass is 19.1. The number of nitrogens with zero attached hydrogens (tertiary/aromatic N) is 3. The van der Waals surface area contributed by atoms with Crippen LogP contribution < -0.4 is 4.74 Å². The van der Waals surface area contributed by atoms with Gasteiger partial charge in [0, 0.05) is 67.9 Å². The molecule has 0 radical (unpaired) electrons. The highest BCUT2D eigenvalue weighted by Crippen LogP contribution is 2.50. The molecule has 6 rings (SSSR count). The molecule has 5 nitrogen and oxygen atoms in total. The number of fused-ring (bicyclic) bond motifs is 4. The van der Waals surface area contributed by atoms with Gasteiger partial charge < -0.3 is 19.3 Å². The van der Waals surface area contributed by atoms with Crippen LogP contribution in [0.15, 0.2) is 42.5 Å². The molecule has 1 saturated carbocycles. The van der Waals surface area contributed by atoms with E-state index in [0.717, 1.165) is 42.5 Å². The lowest BCUT2D eigenvalue weighted by molar-refractivity contribution is -0.0113. The van der Waals surface area contributed by atoms with Crippen LogP contribution in [0.3, 0.4) is 0 Å². The molecule has 2 aromatic carbocycles. The summed E-state index contributed by atoms with van der Waals surface area (Å²) in [6.07, 6.45) is 2.71. The van der Waals surface area contributed by atoms with E-state index >= 15 is 0 Å². The van der Waals surface area contributed by atoms with Gasteiger partial charge in [-0.25, -0.2) is 4.39 Å². The molecule has 1 N–H and O–H groups in total. The first-order valence-corrected chi connectivity index (χ1v) is 12.0. The first kappa shape index (κ1) is 21.1. The van der Waals surface area contributed by atoms with Crippen molar-refractivity contribution in [3.63, 3.8) is 0 Å². The average molecular weight is 450 g/mol. The van der Waals surface area contributed by atoms with Crippen LogP contribution in [0.4, 0.5) is 4.39 Å². The Morgan fingerprint density at radius 1 is 1.12 bits per heavy atom. The molecule has 0 amide bonds. The third-order valence-electron chi connectivity index (χ3n) is 8.02. The highest BCUT2D eigenvalue weighted by Gasteiger charge is 2.53. The van der Waals surface area contributed by atoms with Gasteiger partial charge in [-0.3, -0.25) is 4.90 Å². The van der Waals surface area contributed by atoms with Crippen molar-refractivity contribution in [1.82, 2.24) is 14.4 Å². The van der Waals surface area contributed by atoms with Crippen molar-refractivity contribution in [1.29, 1.82) is 0 Å². The van der Waals surface area contributed by atoms with E-state index in [1.54, 1.807) is 13.2 Å². The van der Waals surface area contributed by atoms with Gasteiger partial charge in [0.15, 0.2) is 0 Å². The summed E-state index contributed by atoms with van der Waals surface area (Å²) in [4.78, 5) is 4.88. The average Bonchev–Trinajstić information content (AvgIpc) is 3.57. The van der Waals surface area contributed by atoms with Crippen LogP contribution in [0.1, 0.15) is 35.7 Å². The summed E-state index contributed by atoms with van der Waals surface area (Å²) < 4.78 is 22.3. The van der Waals surface area contributed by atoms with E-state index in [1.807, 2.05) is 18.2 Å². The largest absolute Gasteiger partial charge is 0.497 e. The number of aliphatic hydroxyl groups is 1. The Morgan fingerprint density at radius 3 is 2.61 bits per heavy atom. The third kappa shape index (κ3) is 3.38. The molecule has 6 heteroatoms. The predicted molar refractivity (Wildman–Crippen MR) is 127 cm³/mol. The van der Waals surface area contributed by atoms with Crippen LogP contribution in [0.2, 0.25) is 0 Å². The normalized spacial score (nSPS) is 22.5. The monoisotopic (exact) mass is 449 g/mol. The molecule has 1 aliphatic carbocycles. The van der Waals surface area contributed by atoms with E-state index < -0.39 is 0 Å². The van der Waals surface area contributed by atoms with Gasteiger partial charge in [-0.05, 0) is 42.5 Å². The van der Waals surface area contributed by atoms with Crippen molar-refractivity contribution < 1.29 is 14.2 Å². The second kappa shape index (κ2) is 7.83. The SMILES string of the molecule is COc1ccc2c3c(n(C)c2c1)[C@H](CO)N(Cc1ccccc1F)CC31CN(CC2CC2)C1. The quantitative estimate of drug-likeness (QED) is 0.621. The smallest absolute Gasteiger partial charge is 0.127 e. The maximum atomic E-state index is 14.6. The molecule has 3 aliphatic rings. The van der Waals surface area contributed by atoms with Crippen LogP contribution in [0.25, 0.3) is 10.9 Å². The van der Waals surface area contributed by atoms with Gasteiger partial charge >= 0.3 is 0 Å². The Morgan fingerprint density at radius 2 is 1.91 bits per heavy atom. The second-order valence-electron chi connectivity index (χ2n) is 10.3. The first-order valence-electron chi connectivity index (χ1n) is 12.0. The summed E-state index contributed by atoms with van der Waals surface area (Å²) in [7, 11) is 3.78. The van der Waals surface area contributed by atoms with Crippen LogP contribution in [-0.4, -0.2) is 59.4 Å². The number of methoxy groups -OCH3 is 1. The van der Waals surface area contributed by atoms with E-state index in [9.17, 15) is 9.50 Å². The molecule has 2 fully saturated rings. The Bertz CT molecular complexity index is 1200. The van der Waals surface area contributed by atoms with Crippen molar-refractivity contribution in [2.45, 2.75) is 30.8 Å². The number of aliphatic hydroxyl groups excluding tert-OH is 1. The van der Waals surface area contributed by atoms with Crippen molar-refractivity contribution in [2.75, 3.05) is 39.9 Å². The lowest BCUT2D eigenvalue weighted by Gasteiger charge is -2.56. The van der Waals surface area contributed by atoms with Gasteiger partial charge in [0.1, 0.15) is 11.6 Å². The Labute approximate surface area is 194 Å². The number of benzene rings is 2. The Hall–Kier alpha value is -2.41. The molecular formula is C27H32FN3O2. The van der Waals surface area contributed by atoms with Gasteiger partial charge in [0.05, 0.1) is 25.3 Å². The third-order valence-corrected chi connectivity index (χ3v) is 8.02. The zero-order valence-corrected chi connectivity index (χ0v) is 19.4. The van der Waals surface area contributed by atoms with Gasteiger partial charge in [-0.1, -0.05) is 18.2 Å². The molecule has 3 aromatic rings. The van der Waals surface area contributed by atoms with E-state index in [0.29, 0.717) is 12.1 Å². The number of halogens is 1. The molecule has 2 aliphatic heterocycles. The number of rotatable bonds is 6. The fourth-order valence-corrected chi connectivity index (χ4v) is 6.34. The minimum absolute atomic E-state index is 0.00458. The van der Waals surface area contributed by atoms with Crippen molar-refractivity contribution in [3.8, 4) is 5.75 Å². The number of ether oxygens (including phenoxy) is 1. The zero-order valence-electron chi connectivity index (χ0n) is 19.4. The zero-order chi connectivity index (χ0) is 22.7. The summed E-state index contributed by atoms with van der Waals surface area (Å²) in [5.41, 5.74) is 4.34.